The van der Waals surface area contributed by atoms with Gasteiger partial charge in [0, 0.05) is 11.9 Å². The second-order valence-electron chi connectivity index (χ2n) is 3.28. The van der Waals surface area contributed by atoms with Crippen molar-refractivity contribution in [1.82, 2.24) is 5.32 Å². The highest BCUT2D eigenvalue weighted by atomic mass is 35.5. The summed E-state index contributed by atoms with van der Waals surface area (Å²) in [7, 11) is 0. The van der Waals surface area contributed by atoms with Gasteiger partial charge in [-0.1, -0.05) is 13.8 Å². The van der Waals surface area contributed by atoms with Crippen LogP contribution in [0.3, 0.4) is 0 Å². The average molecular weight is 200 g/mol. The Balaban J connectivity index is 3.25. The van der Waals surface area contributed by atoms with Crippen LogP contribution in [0.15, 0.2) is 0 Å². The van der Waals surface area contributed by atoms with Gasteiger partial charge in [0.05, 0.1) is 6.54 Å². The van der Waals surface area contributed by atoms with Crippen molar-refractivity contribution in [3.05, 3.63) is 0 Å². The van der Waals surface area contributed by atoms with E-state index < -0.39 is 6.43 Å². The molecule has 0 fully saturated rings. The summed E-state index contributed by atoms with van der Waals surface area (Å²) in [5.74, 6) is 0.515. The van der Waals surface area contributed by atoms with E-state index in [1.807, 2.05) is 0 Å². The number of hydrogen-bond donors (Lipinski definition) is 1. The lowest BCUT2D eigenvalue weighted by atomic mass is 10.1. The minimum atomic E-state index is -2.28. The standard InChI is InChI=1S/C8H16ClF2N/c1-6(2)3-7(9)4-12-5-8(10)11/h6-8,12H,3-5H2,1-2H3. The highest BCUT2D eigenvalue weighted by Crippen LogP contribution is 2.09. The largest absolute Gasteiger partial charge is 0.310 e. The molecule has 1 unspecified atom stereocenters. The molecule has 0 spiro atoms. The van der Waals surface area contributed by atoms with Gasteiger partial charge in [0.1, 0.15) is 0 Å². The Labute approximate surface area is 77.5 Å². The number of alkyl halides is 3. The number of hydrogen-bond acceptors (Lipinski definition) is 1. The van der Waals surface area contributed by atoms with Gasteiger partial charge in [-0.2, -0.15) is 0 Å². The van der Waals surface area contributed by atoms with E-state index in [-0.39, 0.29) is 11.9 Å². The Hall–Kier alpha value is 0.110. The van der Waals surface area contributed by atoms with E-state index in [1.165, 1.54) is 0 Å². The normalized spacial score (nSPS) is 14.2. The Morgan fingerprint density at radius 1 is 1.25 bits per heavy atom. The highest BCUT2D eigenvalue weighted by molar-refractivity contribution is 6.20. The molecule has 0 heterocycles. The van der Waals surface area contributed by atoms with Crippen LogP contribution in [0, 0.1) is 5.92 Å². The van der Waals surface area contributed by atoms with Gasteiger partial charge in [-0.05, 0) is 12.3 Å². The quantitative estimate of drug-likeness (QED) is 0.649. The second-order valence-corrected chi connectivity index (χ2v) is 3.89. The number of nitrogens with one attached hydrogen (secondary N) is 1. The van der Waals surface area contributed by atoms with E-state index in [0.29, 0.717) is 12.5 Å². The molecule has 1 N–H and O–H groups in total. The van der Waals surface area contributed by atoms with Gasteiger partial charge in [0.15, 0.2) is 0 Å². The van der Waals surface area contributed by atoms with Crippen LogP contribution in [0.25, 0.3) is 0 Å². The number of halogens is 3. The summed E-state index contributed by atoms with van der Waals surface area (Å²) < 4.78 is 23.3. The molecular formula is C8H16ClF2N. The molecule has 4 heteroatoms. The minimum Gasteiger partial charge on any atom is -0.310 e. The molecule has 0 saturated carbocycles. The molecule has 0 aliphatic rings. The first-order valence-electron chi connectivity index (χ1n) is 4.15. The van der Waals surface area contributed by atoms with Crippen LogP contribution in [0.4, 0.5) is 8.78 Å². The van der Waals surface area contributed by atoms with E-state index >= 15 is 0 Å². The summed E-state index contributed by atoms with van der Waals surface area (Å²) in [5, 5.41) is 2.57. The molecule has 12 heavy (non-hydrogen) atoms. The van der Waals surface area contributed by atoms with Crippen molar-refractivity contribution in [1.29, 1.82) is 0 Å². The molecule has 0 aromatic heterocycles. The first-order chi connectivity index (χ1) is 5.52. The summed E-state index contributed by atoms with van der Waals surface area (Å²) in [6.45, 7) is 4.32. The first-order valence-corrected chi connectivity index (χ1v) is 4.59. The Kier molecular flexibility index (Phi) is 6.67. The maximum Gasteiger partial charge on any atom is 0.250 e. The van der Waals surface area contributed by atoms with Crippen molar-refractivity contribution in [2.24, 2.45) is 5.92 Å². The summed E-state index contributed by atoms with van der Waals surface area (Å²) in [6, 6.07) is 0. The monoisotopic (exact) mass is 199 g/mol. The molecule has 0 aromatic carbocycles. The third-order valence-corrected chi connectivity index (χ3v) is 1.72. The van der Waals surface area contributed by atoms with Crippen molar-refractivity contribution in [2.45, 2.75) is 32.1 Å². The Bertz CT molecular complexity index is 109. The van der Waals surface area contributed by atoms with Crippen LogP contribution in [-0.2, 0) is 0 Å². The molecule has 1 nitrogen and oxygen atoms in total. The predicted molar refractivity (Wildman–Crippen MR) is 48.0 cm³/mol. The molecule has 0 saturated heterocycles. The smallest absolute Gasteiger partial charge is 0.250 e. The van der Waals surface area contributed by atoms with Gasteiger partial charge < -0.3 is 5.32 Å². The average Bonchev–Trinajstić information content (AvgIpc) is 1.84. The maximum absolute atomic E-state index is 11.6. The molecule has 0 aromatic rings. The molecule has 74 valence electrons. The minimum absolute atomic E-state index is 0.0382. The zero-order valence-corrected chi connectivity index (χ0v) is 8.24. The van der Waals surface area contributed by atoms with Crippen molar-refractivity contribution >= 4 is 11.6 Å². The second kappa shape index (κ2) is 6.61. The summed E-state index contributed by atoms with van der Waals surface area (Å²) in [5.41, 5.74) is 0. The summed E-state index contributed by atoms with van der Waals surface area (Å²) in [4.78, 5) is 0. The lowest BCUT2D eigenvalue weighted by molar-refractivity contribution is 0.146. The predicted octanol–water partition coefficient (Wildman–Crippen LogP) is 2.49. The van der Waals surface area contributed by atoms with E-state index in [0.717, 1.165) is 6.42 Å². The van der Waals surface area contributed by atoms with Gasteiger partial charge in [-0.15, -0.1) is 11.6 Å². The van der Waals surface area contributed by atoms with Gasteiger partial charge in [0.2, 0.25) is 0 Å². The van der Waals surface area contributed by atoms with Crippen LogP contribution in [0.5, 0.6) is 0 Å². The fraction of sp³-hybridized carbons (Fsp3) is 1.00. The van der Waals surface area contributed by atoms with Crippen molar-refractivity contribution in [2.75, 3.05) is 13.1 Å². The van der Waals surface area contributed by atoms with Gasteiger partial charge in [0.25, 0.3) is 6.43 Å². The van der Waals surface area contributed by atoms with Crippen molar-refractivity contribution < 1.29 is 8.78 Å². The van der Waals surface area contributed by atoms with Crippen LogP contribution < -0.4 is 5.32 Å². The molecular weight excluding hydrogens is 184 g/mol. The van der Waals surface area contributed by atoms with Gasteiger partial charge in [-0.25, -0.2) is 8.78 Å². The fourth-order valence-electron chi connectivity index (χ4n) is 0.944. The highest BCUT2D eigenvalue weighted by Gasteiger charge is 2.08. The molecule has 1 atom stereocenters. The zero-order chi connectivity index (χ0) is 9.56. The molecule has 0 radical (unpaired) electrons. The Morgan fingerprint density at radius 2 is 1.83 bits per heavy atom. The summed E-state index contributed by atoms with van der Waals surface area (Å²) in [6.07, 6.45) is -1.43. The zero-order valence-electron chi connectivity index (χ0n) is 7.49. The lowest BCUT2D eigenvalue weighted by Gasteiger charge is -2.12. The van der Waals surface area contributed by atoms with Crippen molar-refractivity contribution in [3.8, 4) is 0 Å². The first kappa shape index (κ1) is 12.1. The van der Waals surface area contributed by atoms with Crippen LogP contribution in [0.1, 0.15) is 20.3 Å². The van der Waals surface area contributed by atoms with E-state index in [4.69, 9.17) is 11.6 Å². The summed E-state index contributed by atoms with van der Waals surface area (Å²) >= 11 is 5.85. The molecule has 0 amide bonds. The number of rotatable bonds is 6. The van der Waals surface area contributed by atoms with Crippen LogP contribution in [-0.4, -0.2) is 24.9 Å². The maximum atomic E-state index is 11.6. The molecule has 0 rings (SSSR count). The Morgan fingerprint density at radius 3 is 2.25 bits per heavy atom. The van der Waals surface area contributed by atoms with Gasteiger partial charge in [-0.3, -0.25) is 0 Å². The molecule has 0 aliphatic heterocycles. The van der Waals surface area contributed by atoms with E-state index in [1.54, 1.807) is 0 Å². The van der Waals surface area contributed by atoms with Gasteiger partial charge >= 0.3 is 0 Å². The SMILES string of the molecule is CC(C)CC(Cl)CNCC(F)F. The third-order valence-electron chi connectivity index (χ3n) is 1.39. The topological polar surface area (TPSA) is 12.0 Å². The molecule has 0 bridgehead atoms. The van der Waals surface area contributed by atoms with Crippen LogP contribution >= 0.6 is 11.6 Å². The van der Waals surface area contributed by atoms with Crippen LogP contribution in [0.2, 0.25) is 0 Å². The third kappa shape index (κ3) is 8.21. The lowest BCUT2D eigenvalue weighted by Crippen LogP contribution is -2.28. The van der Waals surface area contributed by atoms with E-state index in [2.05, 4.69) is 19.2 Å². The molecule has 0 aliphatic carbocycles. The fourth-order valence-corrected chi connectivity index (χ4v) is 1.41. The van der Waals surface area contributed by atoms with Crippen molar-refractivity contribution in [3.63, 3.8) is 0 Å². The van der Waals surface area contributed by atoms with E-state index in [9.17, 15) is 8.78 Å².